The number of benzene rings is 3. The van der Waals surface area contributed by atoms with Crippen LogP contribution in [0.4, 0.5) is 5.69 Å². The van der Waals surface area contributed by atoms with Crippen LogP contribution in [0.5, 0.6) is 5.75 Å². The summed E-state index contributed by atoms with van der Waals surface area (Å²) in [5, 5.41) is 12.7. The van der Waals surface area contributed by atoms with Crippen molar-refractivity contribution in [1.82, 2.24) is 0 Å². The van der Waals surface area contributed by atoms with E-state index in [0.29, 0.717) is 28.6 Å². The number of nitrogens with zero attached hydrogens (tertiary/aromatic N) is 1. The van der Waals surface area contributed by atoms with Gasteiger partial charge in [-0.1, -0.05) is 59.6 Å². The Morgan fingerprint density at radius 3 is 2.60 bits per heavy atom. The first kappa shape index (κ1) is 21.2. The van der Waals surface area contributed by atoms with Crippen molar-refractivity contribution in [3.63, 3.8) is 0 Å². The van der Waals surface area contributed by atoms with Crippen molar-refractivity contribution in [1.29, 1.82) is 5.26 Å². The van der Waals surface area contributed by atoms with Gasteiger partial charge in [-0.3, -0.25) is 4.79 Å². The van der Waals surface area contributed by atoms with E-state index in [9.17, 15) is 10.1 Å². The summed E-state index contributed by atoms with van der Waals surface area (Å²) in [6.07, 6.45) is 1.54. The number of carbonyl (C=O) groups excluding carboxylic acids is 1. The van der Waals surface area contributed by atoms with Gasteiger partial charge in [-0.15, -0.1) is 0 Å². The van der Waals surface area contributed by atoms with Crippen LogP contribution < -0.4 is 10.1 Å². The summed E-state index contributed by atoms with van der Waals surface area (Å²) < 4.78 is 5.85. The molecule has 0 aromatic heterocycles. The molecule has 0 fully saturated rings. The Hall–Kier alpha value is -3.55. The summed E-state index contributed by atoms with van der Waals surface area (Å²) in [5.74, 6) is 0.168. The quantitative estimate of drug-likeness (QED) is 0.391. The lowest BCUT2D eigenvalue weighted by Gasteiger charge is -2.09. The topological polar surface area (TPSA) is 62.1 Å². The molecule has 1 N–H and O–H groups in total. The predicted octanol–water partition coefficient (Wildman–Crippen LogP) is 6.08. The third-order valence-corrected chi connectivity index (χ3v) is 4.74. The fraction of sp³-hybridized carbons (Fsp3) is 0.120. The smallest absolute Gasteiger partial charge is 0.266 e. The van der Waals surface area contributed by atoms with Gasteiger partial charge in [0.15, 0.2) is 0 Å². The van der Waals surface area contributed by atoms with Crippen LogP contribution in [-0.2, 0) is 11.4 Å². The minimum atomic E-state index is -0.492. The highest BCUT2D eigenvalue weighted by molar-refractivity contribution is 6.31. The van der Waals surface area contributed by atoms with Gasteiger partial charge in [0.1, 0.15) is 24.0 Å². The minimum Gasteiger partial charge on any atom is -0.489 e. The van der Waals surface area contributed by atoms with E-state index in [-0.39, 0.29) is 5.57 Å². The van der Waals surface area contributed by atoms with Gasteiger partial charge in [-0.2, -0.15) is 5.26 Å². The van der Waals surface area contributed by atoms with E-state index in [4.69, 9.17) is 16.3 Å². The molecule has 0 aliphatic carbocycles. The lowest BCUT2D eigenvalue weighted by atomic mass is 10.1. The summed E-state index contributed by atoms with van der Waals surface area (Å²) in [5.41, 5.74) is 4.38. The van der Waals surface area contributed by atoms with Crippen LogP contribution in [0.1, 0.15) is 22.3 Å². The molecule has 3 aromatic rings. The zero-order valence-electron chi connectivity index (χ0n) is 16.8. The van der Waals surface area contributed by atoms with Gasteiger partial charge in [0, 0.05) is 10.7 Å². The number of hydrogen-bond acceptors (Lipinski definition) is 3. The molecule has 5 heteroatoms. The standard InChI is InChI=1S/C25H21ClN2O2/c1-17-6-9-19(10-7-17)16-30-23-5-3-4-20(13-23)12-21(15-27)25(29)28-24-14-22(26)11-8-18(24)2/h3-14H,16H2,1-2H3,(H,28,29)/b21-12-. The molecule has 4 nitrogen and oxygen atoms in total. The maximum atomic E-state index is 12.6. The molecule has 0 atom stereocenters. The number of nitriles is 1. The molecule has 30 heavy (non-hydrogen) atoms. The normalized spacial score (nSPS) is 10.9. The SMILES string of the molecule is Cc1ccc(COc2cccc(/C=C(/C#N)C(=O)Nc3cc(Cl)ccc3C)c2)cc1. The second kappa shape index (κ2) is 9.78. The van der Waals surface area contributed by atoms with Crippen LogP contribution in [-0.4, -0.2) is 5.91 Å². The molecule has 0 heterocycles. The van der Waals surface area contributed by atoms with Gasteiger partial charge in [-0.05, 0) is 60.9 Å². The summed E-state index contributed by atoms with van der Waals surface area (Å²) in [6.45, 7) is 4.33. The number of anilines is 1. The molecule has 0 aliphatic rings. The molecule has 0 saturated carbocycles. The first-order valence-corrected chi connectivity index (χ1v) is 9.80. The van der Waals surface area contributed by atoms with Crippen molar-refractivity contribution >= 4 is 29.3 Å². The molecule has 3 aromatic carbocycles. The van der Waals surface area contributed by atoms with E-state index in [2.05, 4.69) is 5.32 Å². The van der Waals surface area contributed by atoms with Gasteiger partial charge in [0.25, 0.3) is 5.91 Å². The second-order valence-corrected chi connectivity index (χ2v) is 7.37. The molecular formula is C25H21ClN2O2. The third kappa shape index (κ3) is 5.73. The molecule has 0 bridgehead atoms. The number of amides is 1. The Balaban J connectivity index is 1.73. The van der Waals surface area contributed by atoms with Crippen molar-refractivity contribution in [2.45, 2.75) is 20.5 Å². The summed E-state index contributed by atoms with van der Waals surface area (Å²) in [4.78, 5) is 12.6. The monoisotopic (exact) mass is 416 g/mol. The third-order valence-electron chi connectivity index (χ3n) is 4.51. The lowest BCUT2D eigenvalue weighted by Crippen LogP contribution is -2.14. The fourth-order valence-electron chi connectivity index (χ4n) is 2.78. The molecule has 0 radical (unpaired) electrons. The first-order valence-electron chi connectivity index (χ1n) is 9.42. The lowest BCUT2D eigenvalue weighted by molar-refractivity contribution is -0.112. The van der Waals surface area contributed by atoms with E-state index >= 15 is 0 Å². The zero-order chi connectivity index (χ0) is 21.5. The number of halogens is 1. The van der Waals surface area contributed by atoms with Crippen molar-refractivity contribution < 1.29 is 9.53 Å². The Morgan fingerprint density at radius 1 is 1.10 bits per heavy atom. The average molecular weight is 417 g/mol. The van der Waals surface area contributed by atoms with Crippen LogP contribution >= 0.6 is 11.6 Å². The Bertz CT molecular complexity index is 1130. The number of hydrogen-bond donors (Lipinski definition) is 1. The molecule has 0 spiro atoms. The van der Waals surface area contributed by atoms with Gasteiger partial charge >= 0.3 is 0 Å². The molecule has 0 unspecified atom stereocenters. The Kier molecular flexibility index (Phi) is 6.90. The summed E-state index contributed by atoms with van der Waals surface area (Å²) in [7, 11) is 0. The maximum absolute atomic E-state index is 12.6. The number of nitrogens with one attached hydrogen (secondary N) is 1. The first-order chi connectivity index (χ1) is 14.4. The van der Waals surface area contributed by atoms with Crippen molar-refractivity contribution in [3.05, 3.63) is 99.6 Å². The van der Waals surface area contributed by atoms with E-state index in [1.807, 2.05) is 68.4 Å². The second-order valence-electron chi connectivity index (χ2n) is 6.93. The van der Waals surface area contributed by atoms with E-state index in [0.717, 1.165) is 11.1 Å². The average Bonchev–Trinajstić information content (AvgIpc) is 2.74. The van der Waals surface area contributed by atoms with Gasteiger partial charge in [0.2, 0.25) is 0 Å². The van der Waals surface area contributed by atoms with Crippen LogP contribution in [0, 0.1) is 25.2 Å². The van der Waals surface area contributed by atoms with Gasteiger partial charge in [0.05, 0.1) is 0 Å². The number of ether oxygens (including phenoxy) is 1. The fourth-order valence-corrected chi connectivity index (χ4v) is 2.95. The van der Waals surface area contributed by atoms with Gasteiger partial charge < -0.3 is 10.1 Å². The largest absolute Gasteiger partial charge is 0.489 e. The van der Waals surface area contributed by atoms with Gasteiger partial charge in [-0.25, -0.2) is 0 Å². The Morgan fingerprint density at radius 2 is 1.87 bits per heavy atom. The molecule has 1 amide bonds. The molecule has 3 rings (SSSR count). The van der Waals surface area contributed by atoms with Crippen LogP contribution in [0.3, 0.4) is 0 Å². The number of rotatable bonds is 6. The highest BCUT2D eigenvalue weighted by atomic mass is 35.5. The predicted molar refractivity (Wildman–Crippen MR) is 120 cm³/mol. The van der Waals surface area contributed by atoms with Crippen molar-refractivity contribution in [3.8, 4) is 11.8 Å². The summed E-state index contributed by atoms with van der Waals surface area (Å²) >= 11 is 6.00. The number of aryl methyl sites for hydroxylation is 2. The number of carbonyl (C=O) groups is 1. The van der Waals surface area contributed by atoms with E-state index < -0.39 is 5.91 Å². The van der Waals surface area contributed by atoms with Crippen LogP contribution in [0.25, 0.3) is 6.08 Å². The molecule has 0 aliphatic heterocycles. The highest BCUT2D eigenvalue weighted by Crippen LogP contribution is 2.22. The van der Waals surface area contributed by atoms with E-state index in [1.54, 1.807) is 18.2 Å². The van der Waals surface area contributed by atoms with Crippen LogP contribution in [0.15, 0.2) is 72.3 Å². The molecule has 0 saturated heterocycles. The molecule has 150 valence electrons. The maximum Gasteiger partial charge on any atom is 0.266 e. The van der Waals surface area contributed by atoms with E-state index in [1.165, 1.54) is 11.6 Å². The Labute approximate surface area is 181 Å². The zero-order valence-corrected chi connectivity index (χ0v) is 17.5. The van der Waals surface area contributed by atoms with Crippen LogP contribution in [0.2, 0.25) is 5.02 Å². The molecular weight excluding hydrogens is 396 g/mol. The van der Waals surface area contributed by atoms with Crippen molar-refractivity contribution in [2.24, 2.45) is 0 Å². The summed E-state index contributed by atoms with van der Waals surface area (Å²) in [6, 6.07) is 22.6. The highest BCUT2D eigenvalue weighted by Gasteiger charge is 2.11. The minimum absolute atomic E-state index is 0.00920. The van der Waals surface area contributed by atoms with Crippen molar-refractivity contribution in [2.75, 3.05) is 5.32 Å².